The van der Waals surface area contributed by atoms with Crippen molar-refractivity contribution in [2.75, 3.05) is 0 Å². The molecule has 1 atom stereocenters. The highest BCUT2D eigenvalue weighted by Crippen LogP contribution is 2.36. The van der Waals surface area contributed by atoms with Crippen LogP contribution in [0.1, 0.15) is 48.7 Å². The van der Waals surface area contributed by atoms with Crippen LogP contribution in [0.5, 0.6) is 0 Å². The average molecular weight is 486 g/mol. The fourth-order valence-corrected chi connectivity index (χ4v) is 5.96. The number of carbonyl (C=O) groups excluding carboxylic acids is 2. The van der Waals surface area contributed by atoms with Crippen molar-refractivity contribution < 1.29 is 9.59 Å². The number of aromatic nitrogens is 1. The lowest BCUT2D eigenvalue weighted by Crippen LogP contribution is -2.64. The van der Waals surface area contributed by atoms with Crippen LogP contribution >= 0.6 is 27.3 Å². The molecule has 2 aliphatic rings. The summed E-state index contributed by atoms with van der Waals surface area (Å²) in [5.74, 6) is -0.151. The first-order valence-electron chi connectivity index (χ1n) is 10.4. The molecule has 30 heavy (non-hydrogen) atoms. The molecule has 1 saturated carbocycles. The highest BCUT2D eigenvalue weighted by atomic mass is 79.9. The maximum Gasteiger partial charge on any atom is 0.271 e. The summed E-state index contributed by atoms with van der Waals surface area (Å²) < 4.78 is 4.05. The second-order valence-electron chi connectivity index (χ2n) is 8.50. The Morgan fingerprint density at radius 1 is 1.27 bits per heavy atom. The van der Waals surface area contributed by atoms with E-state index >= 15 is 0 Å². The quantitative estimate of drug-likeness (QED) is 0.568. The molecule has 5 nitrogen and oxygen atoms in total. The molecule has 1 fully saturated rings. The van der Waals surface area contributed by atoms with Crippen molar-refractivity contribution in [1.29, 1.82) is 0 Å². The van der Waals surface area contributed by atoms with Gasteiger partial charge in [-0.3, -0.25) is 9.59 Å². The van der Waals surface area contributed by atoms with E-state index in [1.54, 1.807) is 16.2 Å². The first-order valence-corrected chi connectivity index (χ1v) is 12.1. The van der Waals surface area contributed by atoms with E-state index in [0.717, 1.165) is 45.9 Å². The highest BCUT2D eigenvalue weighted by molar-refractivity contribution is 9.10. The third kappa shape index (κ3) is 3.19. The summed E-state index contributed by atoms with van der Waals surface area (Å²) in [7, 11) is 0. The number of benzene rings is 1. The zero-order chi connectivity index (χ0) is 20.9. The summed E-state index contributed by atoms with van der Waals surface area (Å²) in [6.45, 7) is 2.75. The van der Waals surface area contributed by atoms with Gasteiger partial charge < -0.3 is 14.8 Å². The van der Waals surface area contributed by atoms with Gasteiger partial charge in [-0.05, 0) is 48.9 Å². The van der Waals surface area contributed by atoms with Crippen molar-refractivity contribution >= 4 is 49.3 Å². The summed E-state index contributed by atoms with van der Waals surface area (Å²) >= 11 is 5.23. The first kappa shape index (κ1) is 19.8. The summed E-state index contributed by atoms with van der Waals surface area (Å²) in [4.78, 5) is 29.0. The molecule has 5 rings (SSSR count). The van der Waals surface area contributed by atoms with Crippen LogP contribution in [0.3, 0.4) is 0 Å². The van der Waals surface area contributed by atoms with E-state index in [1.165, 1.54) is 0 Å². The molecule has 0 bridgehead atoms. The van der Waals surface area contributed by atoms with Crippen LogP contribution in [-0.4, -0.2) is 32.9 Å². The SMILES string of the molecule is C[C@]1(C(=O)NC2CCCC2)Cn2c(cc3sccc32)C(=O)N1Cc1ccccc1Br. The van der Waals surface area contributed by atoms with Crippen LogP contribution < -0.4 is 5.32 Å². The van der Waals surface area contributed by atoms with Crippen LogP contribution in [0.4, 0.5) is 0 Å². The average Bonchev–Trinajstić information content (AvgIpc) is 3.45. The molecule has 1 aliphatic carbocycles. The van der Waals surface area contributed by atoms with E-state index in [0.29, 0.717) is 18.8 Å². The van der Waals surface area contributed by atoms with Crippen molar-refractivity contribution in [2.24, 2.45) is 0 Å². The van der Waals surface area contributed by atoms with Gasteiger partial charge in [-0.25, -0.2) is 0 Å². The molecule has 1 aromatic carbocycles. The topological polar surface area (TPSA) is 54.3 Å². The number of hydrogen-bond donors (Lipinski definition) is 1. The van der Waals surface area contributed by atoms with Gasteiger partial charge in [-0.1, -0.05) is 47.0 Å². The number of amides is 2. The van der Waals surface area contributed by atoms with Gasteiger partial charge in [0.25, 0.3) is 5.91 Å². The second kappa shape index (κ2) is 7.54. The van der Waals surface area contributed by atoms with Gasteiger partial charge in [0, 0.05) is 17.1 Å². The molecular weight excluding hydrogens is 462 g/mol. The van der Waals surface area contributed by atoms with E-state index in [4.69, 9.17) is 0 Å². The number of carbonyl (C=O) groups is 2. The number of fused-ring (bicyclic) bond motifs is 3. The summed E-state index contributed by atoms with van der Waals surface area (Å²) in [6.07, 6.45) is 4.34. The Labute approximate surface area is 188 Å². The standard InChI is InChI=1S/C23H24BrN3O2S/c1-23(22(29)25-16-7-3-4-8-16)14-26-18-10-11-30-20(18)12-19(26)21(28)27(23)13-15-6-2-5-9-17(15)24/h2,5-6,9-12,16H,3-4,7-8,13-14H2,1H3,(H,25,29)/t23-/m1/s1. The summed E-state index contributed by atoms with van der Waals surface area (Å²) in [5, 5.41) is 5.28. The molecule has 3 aromatic rings. The number of nitrogens with zero attached hydrogens (tertiary/aromatic N) is 2. The van der Waals surface area contributed by atoms with Crippen molar-refractivity contribution in [3.8, 4) is 0 Å². The maximum atomic E-state index is 13.7. The third-order valence-electron chi connectivity index (χ3n) is 6.51. The molecule has 1 N–H and O–H groups in total. The van der Waals surface area contributed by atoms with Crippen LogP contribution in [0.2, 0.25) is 0 Å². The molecule has 3 heterocycles. The Kier molecular flexibility index (Phi) is 4.98. The second-order valence-corrected chi connectivity index (χ2v) is 10.3. The molecule has 2 amide bonds. The van der Waals surface area contributed by atoms with Gasteiger partial charge >= 0.3 is 0 Å². The number of rotatable bonds is 4. The van der Waals surface area contributed by atoms with Crippen LogP contribution in [0.25, 0.3) is 10.2 Å². The fraction of sp³-hybridized carbons (Fsp3) is 0.391. The van der Waals surface area contributed by atoms with Crippen molar-refractivity contribution in [1.82, 2.24) is 14.8 Å². The molecule has 7 heteroatoms. The lowest BCUT2D eigenvalue weighted by atomic mass is 9.93. The van der Waals surface area contributed by atoms with Gasteiger partial charge in [0.2, 0.25) is 5.91 Å². The minimum Gasteiger partial charge on any atom is -0.351 e. The Morgan fingerprint density at radius 2 is 2.03 bits per heavy atom. The van der Waals surface area contributed by atoms with Gasteiger partial charge in [0.15, 0.2) is 0 Å². The number of thiophene rings is 1. The van der Waals surface area contributed by atoms with Crippen molar-refractivity contribution in [3.63, 3.8) is 0 Å². The molecule has 156 valence electrons. The zero-order valence-corrected chi connectivity index (χ0v) is 19.3. The van der Waals surface area contributed by atoms with Gasteiger partial charge in [0.05, 0.1) is 16.8 Å². The number of halogens is 1. The maximum absolute atomic E-state index is 13.7. The minimum atomic E-state index is -0.962. The van der Waals surface area contributed by atoms with Crippen LogP contribution in [0.15, 0.2) is 46.3 Å². The normalized spacial score (nSPS) is 21.9. The predicted octanol–water partition coefficient (Wildman–Crippen LogP) is 4.94. The summed E-state index contributed by atoms with van der Waals surface area (Å²) in [6, 6.07) is 12.1. The zero-order valence-electron chi connectivity index (χ0n) is 16.9. The Hall–Kier alpha value is -2.12. The fourth-order valence-electron chi connectivity index (χ4n) is 4.73. The summed E-state index contributed by atoms with van der Waals surface area (Å²) in [5.41, 5.74) is 1.72. The van der Waals surface area contributed by atoms with E-state index in [9.17, 15) is 9.59 Å². The first-order chi connectivity index (χ1) is 14.5. The van der Waals surface area contributed by atoms with Gasteiger partial charge in [-0.15, -0.1) is 11.3 Å². The molecule has 0 unspecified atom stereocenters. The lowest BCUT2D eigenvalue weighted by molar-refractivity contribution is -0.133. The largest absolute Gasteiger partial charge is 0.351 e. The molecule has 1 aliphatic heterocycles. The molecule has 0 radical (unpaired) electrons. The molecule has 0 spiro atoms. The van der Waals surface area contributed by atoms with Gasteiger partial charge in [0.1, 0.15) is 11.2 Å². The molecule has 0 saturated heterocycles. The van der Waals surface area contributed by atoms with Crippen molar-refractivity contribution in [3.05, 3.63) is 57.5 Å². The smallest absolute Gasteiger partial charge is 0.271 e. The third-order valence-corrected chi connectivity index (χ3v) is 8.14. The predicted molar refractivity (Wildman–Crippen MR) is 123 cm³/mol. The Morgan fingerprint density at radius 3 is 2.80 bits per heavy atom. The monoisotopic (exact) mass is 485 g/mol. The lowest BCUT2D eigenvalue weighted by Gasteiger charge is -2.44. The van der Waals surface area contributed by atoms with E-state index in [1.807, 2.05) is 53.3 Å². The van der Waals surface area contributed by atoms with Crippen LogP contribution in [-0.2, 0) is 17.9 Å². The van der Waals surface area contributed by atoms with Crippen molar-refractivity contribution in [2.45, 2.75) is 57.3 Å². The van der Waals surface area contributed by atoms with E-state index < -0.39 is 5.54 Å². The molecular formula is C23H24BrN3O2S. The number of hydrogen-bond acceptors (Lipinski definition) is 3. The van der Waals surface area contributed by atoms with E-state index in [2.05, 4.69) is 21.2 Å². The minimum absolute atomic E-state index is 0.0578. The Balaban J connectivity index is 1.57. The van der Waals surface area contributed by atoms with Gasteiger partial charge in [-0.2, -0.15) is 0 Å². The number of nitrogens with one attached hydrogen (secondary N) is 1. The molecule has 2 aromatic heterocycles. The van der Waals surface area contributed by atoms with E-state index in [-0.39, 0.29) is 17.9 Å². The highest BCUT2D eigenvalue weighted by Gasteiger charge is 2.48. The Bertz CT molecular complexity index is 1130. The van der Waals surface area contributed by atoms with Crippen LogP contribution in [0, 0.1) is 0 Å².